The lowest BCUT2D eigenvalue weighted by Gasteiger charge is -2.22. The number of nitrogens with one attached hydrogen (secondary N) is 2. The Morgan fingerprint density at radius 2 is 2.00 bits per heavy atom. The third-order valence-corrected chi connectivity index (χ3v) is 6.92. The van der Waals surface area contributed by atoms with Gasteiger partial charge in [-0.25, -0.2) is 14.4 Å². The zero-order chi connectivity index (χ0) is 27.3. The molecular weight excluding hydrogens is 503 g/mol. The van der Waals surface area contributed by atoms with Crippen LogP contribution in [0.5, 0.6) is 11.5 Å². The van der Waals surface area contributed by atoms with Crippen molar-refractivity contribution in [3.8, 4) is 11.5 Å². The van der Waals surface area contributed by atoms with Crippen LogP contribution in [0.3, 0.4) is 0 Å². The van der Waals surface area contributed by atoms with Gasteiger partial charge in [0.15, 0.2) is 17.3 Å². The van der Waals surface area contributed by atoms with E-state index in [1.54, 1.807) is 39.8 Å². The number of fused-ring (bicyclic) bond motifs is 1. The van der Waals surface area contributed by atoms with Crippen LogP contribution < -0.4 is 15.4 Å². The highest BCUT2D eigenvalue weighted by atomic mass is 19.1. The highest BCUT2D eigenvalue weighted by Crippen LogP contribution is 2.35. The molecule has 1 aliphatic carbocycles. The summed E-state index contributed by atoms with van der Waals surface area (Å²) in [5.74, 6) is 1.59. The first-order valence-corrected chi connectivity index (χ1v) is 13.1. The van der Waals surface area contributed by atoms with E-state index in [9.17, 15) is 4.79 Å². The second-order valence-corrected chi connectivity index (χ2v) is 11.1. The van der Waals surface area contributed by atoms with Crippen LogP contribution in [-0.2, 0) is 22.0 Å². The smallest absolute Gasteiger partial charge is 0.228 e. The molecule has 0 spiro atoms. The molecule has 1 saturated carbocycles. The maximum atomic E-state index is 15.7. The summed E-state index contributed by atoms with van der Waals surface area (Å²) in [6.45, 7) is 7.05. The predicted octanol–water partition coefficient (Wildman–Crippen LogP) is 4.84. The number of carbonyl (C=O) groups excluding carboxylic acids is 1. The van der Waals surface area contributed by atoms with Gasteiger partial charge in [-0.05, 0) is 25.3 Å². The molecule has 1 aliphatic heterocycles. The Labute approximate surface area is 224 Å². The van der Waals surface area contributed by atoms with Crippen molar-refractivity contribution in [3.05, 3.63) is 42.1 Å². The molecule has 39 heavy (non-hydrogen) atoms. The third-order valence-electron chi connectivity index (χ3n) is 6.92. The molecule has 2 aliphatic rings. The summed E-state index contributed by atoms with van der Waals surface area (Å²) in [6.07, 6.45) is 5.75. The Hall–Kier alpha value is -4.06. The second-order valence-electron chi connectivity index (χ2n) is 11.1. The topological polar surface area (TPSA) is 121 Å². The highest BCUT2D eigenvalue weighted by molar-refractivity contribution is 5.93. The Bertz CT molecular complexity index is 1550. The lowest BCUT2D eigenvalue weighted by molar-refractivity contribution is -0.117. The SMILES string of the molecule is Cn1c(Nc2nn(C3CCOC3)c(C(C)(C)C)c2F)nc2ncc(Oc3ccnc(NC(=O)C4CC4)c3)cc21. The number of nitrogens with zero attached hydrogens (tertiary/aromatic N) is 6. The minimum atomic E-state index is -0.451. The highest BCUT2D eigenvalue weighted by Gasteiger charge is 2.33. The van der Waals surface area contributed by atoms with Crippen LogP contribution in [0.2, 0.25) is 0 Å². The summed E-state index contributed by atoms with van der Waals surface area (Å²) in [5.41, 5.74) is 1.23. The number of carbonyl (C=O) groups is 1. The number of rotatable bonds is 7. The van der Waals surface area contributed by atoms with Gasteiger partial charge in [-0.3, -0.25) is 9.48 Å². The van der Waals surface area contributed by atoms with Crippen LogP contribution in [0.15, 0.2) is 30.6 Å². The fraction of sp³-hybridized carbons (Fsp3) is 0.444. The van der Waals surface area contributed by atoms with Gasteiger partial charge in [0.25, 0.3) is 0 Å². The van der Waals surface area contributed by atoms with Crippen LogP contribution in [0, 0.1) is 11.7 Å². The molecule has 204 valence electrons. The number of aromatic nitrogens is 6. The predicted molar refractivity (Wildman–Crippen MR) is 143 cm³/mol. The van der Waals surface area contributed by atoms with Crippen molar-refractivity contribution in [2.24, 2.45) is 13.0 Å². The van der Waals surface area contributed by atoms with Gasteiger partial charge >= 0.3 is 0 Å². The van der Waals surface area contributed by atoms with E-state index < -0.39 is 11.2 Å². The van der Waals surface area contributed by atoms with Crippen molar-refractivity contribution in [2.75, 3.05) is 23.8 Å². The monoisotopic (exact) mass is 534 g/mol. The summed E-state index contributed by atoms with van der Waals surface area (Å²) in [4.78, 5) is 25.2. The van der Waals surface area contributed by atoms with E-state index >= 15 is 4.39 Å². The number of pyridine rings is 2. The lowest BCUT2D eigenvalue weighted by Crippen LogP contribution is -2.23. The number of halogens is 1. The van der Waals surface area contributed by atoms with Gasteiger partial charge in [0.2, 0.25) is 11.9 Å². The number of imidazole rings is 1. The van der Waals surface area contributed by atoms with Gasteiger partial charge in [0, 0.05) is 43.3 Å². The summed E-state index contributed by atoms with van der Waals surface area (Å²) >= 11 is 0. The summed E-state index contributed by atoms with van der Waals surface area (Å²) in [6, 6.07) is 5.16. The molecular formula is C27H31FN8O3. The maximum Gasteiger partial charge on any atom is 0.228 e. The number of amides is 1. The average Bonchev–Trinajstić information content (AvgIpc) is 3.37. The van der Waals surface area contributed by atoms with Crippen LogP contribution in [0.25, 0.3) is 11.2 Å². The fourth-order valence-electron chi connectivity index (χ4n) is 4.72. The Kier molecular flexibility index (Phi) is 6.21. The number of ether oxygens (including phenoxy) is 2. The first-order chi connectivity index (χ1) is 18.7. The molecule has 0 aromatic carbocycles. The third kappa shape index (κ3) is 5.03. The zero-order valence-electron chi connectivity index (χ0n) is 22.4. The van der Waals surface area contributed by atoms with Gasteiger partial charge < -0.3 is 24.7 Å². The van der Waals surface area contributed by atoms with Crippen LogP contribution >= 0.6 is 0 Å². The maximum absolute atomic E-state index is 15.7. The molecule has 5 heterocycles. The van der Waals surface area contributed by atoms with Crippen LogP contribution in [0.1, 0.15) is 51.8 Å². The molecule has 2 fully saturated rings. The number of aryl methyl sites for hydroxylation is 1. The van der Waals surface area contributed by atoms with E-state index in [1.165, 1.54) is 0 Å². The molecule has 0 radical (unpaired) electrons. The Morgan fingerprint density at radius 1 is 1.18 bits per heavy atom. The van der Waals surface area contributed by atoms with Gasteiger partial charge in [-0.15, -0.1) is 0 Å². The van der Waals surface area contributed by atoms with Crippen molar-refractivity contribution in [3.63, 3.8) is 0 Å². The van der Waals surface area contributed by atoms with Gasteiger partial charge in [-0.1, -0.05) is 20.8 Å². The van der Waals surface area contributed by atoms with E-state index in [-0.39, 0.29) is 23.7 Å². The molecule has 1 unspecified atom stereocenters. The average molecular weight is 535 g/mol. The van der Waals surface area contributed by atoms with Crippen molar-refractivity contribution in [2.45, 2.75) is 51.5 Å². The molecule has 4 aromatic rings. The van der Waals surface area contributed by atoms with Crippen LogP contribution in [-0.4, -0.2) is 48.4 Å². The molecule has 1 atom stereocenters. The van der Waals surface area contributed by atoms with Gasteiger partial charge in [0.05, 0.1) is 30.1 Å². The van der Waals surface area contributed by atoms with Crippen molar-refractivity contribution < 1.29 is 18.7 Å². The number of hydrogen-bond donors (Lipinski definition) is 2. The van der Waals surface area contributed by atoms with E-state index in [1.807, 2.05) is 27.8 Å². The summed E-state index contributed by atoms with van der Waals surface area (Å²) in [7, 11) is 1.81. The van der Waals surface area contributed by atoms with E-state index in [0.717, 1.165) is 19.3 Å². The molecule has 11 nitrogen and oxygen atoms in total. The molecule has 12 heteroatoms. The molecule has 2 N–H and O–H groups in total. The van der Waals surface area contributed by atoms with E-state index in [2.05, 4.69) is 30.7 Å². The molecule has 4 aromatic heterocycles. The molecule has 6 rings (SSSR count). The van der Waals surface area contributed by atoms with E-state index in [0.29, 0.717) is 53.3 Å². The second kappa shape index (κ2) is 9.60. The summed E-state index contributed by atoms with van der Waals surface area (Å²) < 4.78 is 30.8. The fourth-order valence-corrected chi connectivity index (χ4v) is 4.72. The van der Waals surface area contributed by atoms with Crippen molar-refractivity contribution in [1.29, 1.82) is 0 Å². The molecule has 1 amide bonds. The first-order valence-electron chi connectivity index (χ1n) is 13.1. The van der Waals surface area contributed by atoms with Crippen LogP contribution in [0.4, 0.5) is 22.0 Å². The zero-order valence-corrected chi connectivity index (χ0v) is 22.4. The van der Waals surface area contributed by atoms with E-state index in [4.69, 9.17) is 9.47 Å². The largest absolute Gasteiger partial charge is 0.455 e. The van der Waals surface area contributed by atoms with Gasteiger partial charge in [-0.2, -0.15) is 10.1 Å². The Balaban J connectivity index is 1.25. The van der Waals surface area contributed by atoms with Crippen molar-refractivity contribution >= 4 is 34.7 Å². The molecule has 0 bridgehead atoms. The minimum absolute atomic E-state index is 0.0122. The quantitative estimate of drug-likeness (QED) is 0.345. The lowest BCUT2D eigenvalue weighted by atomic mass is 9.91. The molecule has 1 saturated heterocycles. The summed E-state index contributed by atoms with van der Waals surface area (Å²) in [5, 5.41) is 10.5. The number of hydrogen-bond acceptors (Lipinski definition) is 8. The first kappa shape index (κ1) is 25.2. The van der Waals surface area contributed by atoms with Crippen molar-refractivity contribution in [1.82, 2.24) is 29.3 Å². The standard InChI is InChI=1S/C27H31FN8O3/c1-27(2,3)22-21(28)24(34-36(22)16-8-10-38-14-16)33-26-32-23-19(35(26)4)11-18(13-30-23)39-17-7-9-29-20(12-17)31-25(37)15-5-6-15/h7,9,11-13,15-16H,5-6,8,10,14H2,1-4H3,(H,29,31,37)(H,30,32,33,34). The normalized spacial score (nSPS) is 17.5. The minimum Gasteiger partial charge on any atom is -0.455 e. The number of anilines is 3. The van der Waals surface area contributed by atoms with Gasteiger partial charge in [0.1, 0.15) is 17.3 Å². The Morgan fingerprint density at radius 3 is 2.72 bits per heavy atom.